The fourth-order valence-electron chi connectivity index (χ4n) is 3.17. The molecule has 0 aliphatic carbocycles. The van der Waals surface area contributed by atoms with Gasteiger partial charge in [0.25, 0.3) is 0 Å². The smallest absolute Gasteiger partial charge is 0.317 e. The molecule has 2 amide bonds. The molecule has 3 rings (SSSR count). The molecular formula is C21H27N3OS. The highest BCUT2D eigenvalue weighted by Crippen LogP contribution is 2.18. The Balaban J connectivity index is 1.51. The van der Waals surface area contributed by atoms with Crippen LogP contribution in [0.1, 0.15) is 17.5 Å². The lowest BCUT2D eigenvalue weighted by molar-refractivity contribution is 0.201. The number of hydrogen-bond donors (Lipinski definition) is 1. The van der Waals surface area contributed by atoms with Crippen LogP contribution in [0, 0.1) is 6.92 Å². The number of anilines is 1. The minimum atomic E-state index is 0.0321. The van der Waals surface area contributed by atoms with Crippen LogP contribution in [-0.2, 0) is 6.54 Å². The van der Waals surface area contributed by atoms with E-state index in [0.29, 0.717) is 6.54 Å². The molecule has 2 aromatic carbocycles. The molecule has 1 saturated heterocycles. The lowest BCUT2D eigenvalue weighted by Gasteiger charge is -2.24. The summed E-state index contributed by atoms with van der Waals surface area (Å²) in [5.41, 5.74) is 3.65. The summed E-state index contributed by atoms with van der Waals surface area (Å²) in [5.74, 6) is 0. The summed E-state index contributed by atoms with van der Waals surface area (Å²) in [4.78, 5) is 18.1. The first kappa shape index (κ1) is 18.6. The maximum atomic E-state index is 12.5. The molecule has 0 bridgehead atoms. The van der Waals surface area contributed by atoms with Crippen LogP contribution in [-0.4, -0.2) is 43.4 Å². The number of nitrogens with one attached hydrogen (secondary N) is 1. The van der Waals surface area contributed by atoms with Crippen molar-refractivity contribution in [2.45, 2.75) is 24.8 Å². The fraction of sp³-hybridized carbons (Fsp3) is 0.381. The second-order valence-corrected chi connectivity index (χ2v) is 7.55. The number of benzene rings is 2. The van der Waals surface area contributed by atoms with E-state index in [9.17, 15) is 4.79 Å². The number of thioether (sulfide) groups is 1. The third-order valence-electron chi connectivity index (χ3n) is 4.79. The van der Waals surface area contributed by atoms with E-state index >= 15 is 0 Å². The highest BCUT2D eigenvalue weighted by atomic mass is 32.2. The zero-order valence-electron chi connectivity index (χ0n) is 15.6. The van der Waals surface area contributed by atoms with E-state index < -0.39 is 0 Å². The van der Waals surface area contributed by atoms with Gasteiger partial charge in [0.2, 0.25) is 0 Å². The van der Waals surface area contributed by atoms with Gasteiger partial charge in [0.15, 0.2) is 0 Å². The zero-order valence-corrected chi connectivity index (χ0v) is 16.4. The minimum Gasteiger partial charge on any atom is -0.370 e. The molecule has 0 unspecified atom stereocenters. The van der Waals surface area contributed by atoms with Gasteiger partial charge in [-0.25, -0.2) is 4.79 Å². The van der Waals surface area contributed by atoms with E-state index in [1.165, 1.54) is 16.1 Å². The average Bonchev–Trinajstić information content (AvgIpc) is 2.93. The third-order valence-corrected chi connectivity index (χ3v) is 5.53. The Labute approximate surface area is 160 Å². The number of rotatable bonds is 4. The molecule has 0 saturated carbocycles. The molecule has 4 nitrogen and oxygen atoms in total. The first-order valence-electron chi connectivity index (χ1n) is 9.13. The molecule has 1 N–H and O–H groups in total. The monoisotopic (exact) mass is 369 g/mol. The molecular weight excluding hydrogens is 342 g/mol. The van der Waals surface area contributed by atoms with Crippen molar-refractivity contribution >= 4 is 23.5 Å². The molecule has 138 valence electrons. The van der Waals surface area contributed by atoms with Gasteiger partial charge in [0.1, 0.15) is 0 Å². The Bertz CT molecular complexity index is 715. The number of hydrogen-bond acceptors (Lipinski definition) is 3. The van der Waals surface area contributed by atoms with E-state index in [1.54, 1.807) is 11.8 Å². The van der Waals surface area contributed by atoms with Crippen molar-refractivity contribution in [1.82, 2.24) is 10.2 Å². The fourth-order valence-corrected chi connectivity index (χ4v) is 3.58. The molecule has 1 heterocycles. The number of nitrogens with zero attached hydrogens (tertiary/aromatic N) is 2. The molecule has 1 aliphatic rings. The number of carbonyl (C=O) groups is 1. The minimum absolute atomic E-state index is 0.0321. The Morgan fingerprint density at radius 2 is 1.73 bits per heavy atom. The van der Waals surface area contributed by atoms with Crippen LogP contribution in [0.3, 0.4) is 0 Å². The van der Waals surface area contributed by atoms with Gasteiger partial charge in [-0.05, 0) is 49.4 Å². The lowest BCUT2D eigenvalue weighted by Crippen LogP contribution is -2.41. The standard InChI is InChI=1S/C21H27N3OS/c1-17-4-8-19(9-5-17)23-12-3-13-24(15-14-23)21(25)22-16-18-6-10-20(26-2)11-7-18/h4-11H,3,12-16H2,1-2H3,(H,22,25). The number of amides is 2. The first-order valence-corrected chi connectivity index (χ1v) is 10.4. The van der Waals surface area contributed by atoms with Gasteiger partial charge in [-0.15, -0.1) is 11.8 Å². The van der Waals surface area contributed by atoms with Crippen LogP contribution in [0.5, 0.6) is 0 Å². The molecule has 1 fully saturated rings. The Morgan fingerprint density at radius 3 is 2.42 bits per heavy atom. The van der Waals surface area contributed by atoms with E-state index in [4.69, 9.17) is 0 Å². The van der Waals surface area contributed by atoms with E-state index in [1.807, 2.05) is 4.90 Å². The first-order chi connectivity index (χ1) is 12.7. The third kappa shape index (κ3) is 4.94. The summed E-state index contributed by atoms with van der Waals surface area (Å²) in [7, 11) is 0. The topological polar surface area (TPSA) is 35.6 Å². The molecule has 0 radical (unpaired) electrons. The van der Waals surface area contributed by atoms with E-state index in [2.05, 4.69) is 71.9 Å². The maximum Gasteiger partial charge on any atom is 0.317 e. The summed E-state index contributed by atoms with van der Waals surface area (Å²) in [6.45, 7) is 6.10. The highest BCUT2D eigenvalue weighted by molar-refractivity contribution is 7.98. The van der Waals surface area contributed by atoms with Crippen molar-refractivity contribution in [3.8, 4) is 0 Å². The Hall–Kier alpha value is -2.14. The van der Waals surface area contributed by atoms with Crippen molar-refractivity contribution < 1.29 is 4.79 Å². The predicted octanol–water partition coefficient (Wildman–Crippen LogP) is 4.14. The van der Waals surface area contributed by atoms with Crippen LogP contribution in [0.2, 0.25) is 0 Å². The quantitative estimate of drug-likeness (QED) is 0.823. The maximum absolute atomic E-state index is 12.5. The molecule has 0 spiro atoms. The van der Waals surface area contributed by atoms with E-state index in [0.717, 1.165) is 38.2 Å². The van der Waals surface area contributed by atoms with Crippen molar-refractivity contribution in [2.24, 2.45) is 0 Å². The molecule has 0 aromatic heterocycles. The normalized spacial score (nSPS) is 14.8. The summed E-state index contributed by atoms with van der Waals surface area (Å²) < 4.78 is 0. The van der Waals surface area contributed by atoms with Crippen LogP contribution in [0.25, 0.3) is 0 Å². The number of carbonyl (C=O) groups excluding carboxylic acids is 1. The summed E-state index contributed by atoms with van der Waals surface area (Å²) in [6.07, 6.45) is 3.06. The van der Waals surface area contributed by atoms with Gasteiger partial charge in [-0.1, -0.05) is 29.8 Å². The predicted molar refractivity (Wildman–Crippen MR) is 110 cm³/mol. The summed E-state index contributed by atoms with van der Waals surface area (Å²) in [6, 6.07) is 17.0. The van der Waals surface area contributed by atoms with Gasteiger partial charge in [-0.2, -0.15) is 0 Å². The van der Waals surface area contributed by atoms with Crippen molar-refractivity contribution in [1.29, 1.82) is 0 Å². The van der Waals surface area contributed by atoms with Crippen LogP contribution >= 0.6 is 11.8 Å². The number of urea groups is 1. The summed E-state index contributed by atoms with van der Waals surface area (Å²) in [5, 5.41) is 3.06. The van der Waals surface area contributed by atoms with Crippen molar-refractivity contribution in [3.63, 3.8) is 0 Å². The van der Waals surface area contributed by atoms with Crippen molar-refractivity contribution in [3.05, 3.63) is 59.7 Å². The van der Waals surface area contributed by atoms with Gasteiger partial charge in [-0.3, -0.25) is 0 Å². The molecule has 0 atom stereocenters. The summed E-state index contributed by atoms with van der Waals surface area (Å²) >= 11 is 1.73. The highest BCUT2D eigenvalue weighted by Gasteiger charge is 2.19. The Kier molecular flexibility index (Phi) is 6.45. The van der Waals surface area contributed by atoms with Gasteiger partial charge >= 0.3 is 6.03 Å². The number of aryl methyl sites for hydroxylation is 1. The van der Waals surface area contributed by atoms with E-state index in [-0.39, 0.29) is 6.03 Å². The average molecular weight is 370 g/mol. The molecule has 26 heavy (non-hydrogen) atoms. The SMILES string of the molecule is CSc1ccc(CNC(=O)N2CCCN(c3ccc(C)cc3)CC2)cc1. The van der Waals surface area contributed by atoms with Crippen LogP contribution in [0.4, 0.5) is 10.5 Å². The van der Waals surface area contributed by atoms with Gasteiger partial charge in [0.05, 0.1) is 0 Å². The largest absolute Gasteiger partial charge is 0.370 e. The molecule has 2 aromatic rings. The molecule has 5 heteroatoms. The second kappa shape index (κ2) is 8.99. The Morgan fingerprint density at radius 1 is 1.00 bits per heavy atom. The zero-order chi connectivity index (χ0) is 18.4. The molecule has 1 aliphatic heterocycles. The van der Waals surface area contributed by atoms with Gasteiger partial charge in [0, 0.05) is 43.3 Å². The van der Waals surface area contributed by atoms with Gasteiger partial charge < -0.3 is 15.1 Å². The lowest BCUT2D eigenvalue weighted by atomic mass is 10.2. The second-order valence-electron chi connectivity index (χ2n) is 6.67. The van der Waals surface area contributed by atoms with Crippen molar-refractivity contribution in [2.75, 3.05) is 37.3 Å². The van der Waals surface area contributed by atoms with Crippen LogP contribution in [0.15, 0.2) is 53.4 Å². The van der Waals surface area contributed by atoms with Crippen LogP contribution < -0.4 is 10.2 Å².